The van der Waals surface area contributed by atoms with Crippen molar-refractivity contribution in [3.8, 4) is 22.7 Å². The van der Waals surface area contributed by atoms with Crippen molar-refractivity contribution in [2.24, 2.45) is 0 Å². The average molecular weight is 399 g/mol. The highest BCUT2D eigenvalue weighted by molar-refractivity contribution is 9.10. The summed E-state index contributed by atoms with van der Waals surface area (Å²) in [7, 11) is 1.69. The number of halogens is 1. The van der Waals surface area contributed by atoms with Crippen LogP contribution in [-0.4, -0.2) is 28.4 Å². The second kappa shape index (κ2) is 6.88. The van der Waals surface area contributed by atoms with Crippen LogP contribution < -0.4 is 10.1 Å². The van der Waals surface area contributed by atoms with Crippen LogP contribution in [-0.2, 0) is 6.42 Å². The third kappa shape index (κ3) is 3.02. The number of ether oxygens (including phenoxy) is 1. The molecule has 0 atom stereocenters. The van der Waals surface area contributed by atoms with Gasteiger partial charge in [-0.2, -0.15) is 5.10 Å². The van der Waals surface area contributed by atoms with Crippen LogP contribution >= 0.6 is 15.9 Å². The number of hydrogen-bond acceptors (Lipinski definition) is 4. The zero-order chi connectivity index (χ0) is 17.2. The zero-order valence-corrected chi connectivity index (χ0v) is 15.6. The normalized spacial score (nSPS) is 13.7. The fraction of sp³-hybridized carbons (Fsp3) is 0.263. The summed E-state index contributed by atoms with van der Waals surface area (Å²) in [4.78, 5) is 4.31. The molecule has 3 aromatic rings. The lowest BCUT2D eigenvalue weighted by Gasteiger charge is -2.12. The molecule has 3 heterocycles. The fourth-order valence-electron chi connectivity index (χ4n) is 3.25. The van der Waals surface area contributed by atoms with Gasteiger partial charge in [-0.15, -0.1) is 0 Å². The molecule has 128 valence electrons. The van der Waals surface area contributed by atoms with Crippen LogP contribution in [0.4, 0.5) is 5.82 Å². The maximum Gasteiger partial charge on any atom is 0.144 e. The standard InChI is InChI=1S/C19H19BrN4O/c1-25-17-8-3-2-7-16(17)24-19-15(6-4-5-9-22-19)18(23-24)13-10-14(20)12-21-11-13/h2-3,7-8,10-12,22H,4-6,9H2,1H3. The predicted octanol–water partition coefficient (Wildman–Crippen LogP) is 4.45. The Morgan fingerprint density at radius 3 is 2.92 bits per heavy atom. The zero-order valence-electron chi connectivity index (χ0n) is 14.0. The van der Waals surface area contributed by atoms with Crippen LogP contribution in [0.2, 0.25) is 0 Å². The van der Waals surface area contributed by atoms with Crippen molar-refractivity contribution in [2.45, 2.75) is 19.3 Å². The minimum Gasteiger partial charge on any atom is -0.494 e. The van der Waals surface area contributed by atoms with E-state index >= 15 is 0 Å². The molecule has 1 aromatic carbocycles. The molecule has 0 saturated carbocycles. The van der Waals surface area contributed by atoms with E-state index in [1.165, 1.54) is 5.56 Å². The number of nitrogens with zero attached hydrogens (tertiary/aromatic N) is 3. The van der Waals surface area contributed by atoms with Crippen LogP contribution in [0, 0.1) is 0 Å². The van der Waals surface area contributed by atoms with Gasteiger partial charge >= 0.3 is 0 Å². The molecule has 4 rings (SSSR count). The SMILES string of the molecule is COc1ccccc1-n1nc(-c2cncc(Br)c2)c2c1NCCCC2. The van der Waals surface area contributed by atoms with E-state index in [4.69, 9.17) is 9.84 Å². The number of para-hydroxylation sites is 2. The summed E-state index contributed by atoms with van der Waals surface area (Å²) < 4.78 is 8.47. The second-order valence-electron chi connectivity index (χ2n) is 6.04. The molecule has 0 aliphatic carbocycles. The molecule has 6 heteroatoms. The van der Waals surface area contributed by atoms with Gasteiger partial charge in [-0.1, -0.05) is 12.1 Å². The Kier molecular flexibility index (Phi) is 4.44. The van der Waals surface area contributed by atoms with Crippen LogP contribution in [0.1, 0.15) is 18.4 Å². The summed E-state index contributed by atoms with van der Waals surface area (Å²) in [6.07, 6.45) is 6.95. The Bertz CT molecular complexity index is 906. The molecule has 0 saturated heterocycles. The van der Waals surface area contributed by atoms with E-state index in [0.717, 1.165) is 58.8 Å². The average Bonchev–Trinajstić information content (AvgIpc) is 2.82. The highest BCUT2D eigenvalue weighted by Gasteiger charge is 2.23. The molecule has 5 nitrogen and oxygen atoms in total. The van der Waals surface area contributed by atoms with Crippen molar-refractivity contribution in [1.29, 1.82) is 0 Å². The quantitative estimate of drug-likeness (QED) is 0.707. The van der Waals surface area contributed by atoms with E-state index in [-0.39, 0.29) is 0 Å². The van der Waals surface area contributed by atoms with Crippen molar-refractivity contribution in [3.05, 3.63) is 52.8 Å². The Morgan fingerprint density at radius 1 is 1.20 bits per heavy atom. The Hall–Kier alpha value is -2.34. The maximum atomic E-state index is 5.55. The molecular formula is C19H19BrN4O. The Morgan fingerprint density at radius 2 is 2.08 bits per heavy atom. The van der Waals surface area contributed by atoms with E-state index in [2.05, 4.69) is 32.3 Å². The number of hydrogen-bond donors (Lipinski definition) is 1. The highest BCUT2D eigenvalue weighted by atomic mass is 79.9. The molecule has 2 aromatic heterocycles. The van der Waals surface area contributed by atoms with Gasteiger partial charge in [0.25, 0.3) is 0 Å². The number of rotatable bonds is 3. The van der Waals surface area contributed by atoms with Gasteiger partial charge in [0.05, 0.1) is 12.8 Å². The Balaban J connectivity index is 1.94. The van der Waals surface area contributed by atoms with Crippen LogP contribution in [0.25, 0.3) is 16.9 Å². The Labute approximate surface area is 155 Å². The summed E-state index contributed by atoms with van der Waals surface area (Å²) in [5.41, 5.74) is 4.17. The predicted molar refractivity (Wildman–Crippen MR) is 102 cm³/mol. The summed E-state index contributed by atoms with van der Waals surface area (Å²) in [5.74, 6) is 1.86. The van der Waals surface area contributed by atoms with Gasteiger partial charge in [-0.3, -0.25) is 4.98 Å². The van der Waals surface area contributed by atoms with Crippen molar-refractivity contribution in [3.63, 3.8) is 0 Å². The summed E-state index contributed by atoms with van der Waals surface area (Å²) >= 11 is 3.51. The van der Waals surface area contributed by atoms with Gasteiger partial charge in [-0.05, 0) is 53.4 Å². The number of methoxy groups -OCH3 is 1. The van der Waals surface area contributed by atoms with Crippen molar-refractivity contribution in [1.82, 2.24) is 14.8 Å². The highest BCUT2D eigenvalue weighted by Crippen LogP contribution is 2.36. The minimum absolute atomic E-state index is 0.803. The molecule has 0 fully saturated rings. The van der Waals surface area contributed by atoms with Crippen molar-refractivity contribution >= 4 is 21.7 Å². The number of aromatic nitrogens is 3. The van der Waals surface area contributed by atoms with Crippen LogP contribution in [0.3, 0.4) is 0 Å². The molecule has 25 heavy (non-hydrogen) atoms. The van der Waals surface area contributed by atoms with Gasteiger partial charge in [0, 0.05) is 34.5 Å². The topological polar surface area (TPSA) is 52.0 Å². The molecule has 1 N–H and O–H groups in total. The third-order valence-electron chi connectivity index (χ3n) is 4.42. The monoisotopic (exact) mass is 398 g/mol. The molecule has 0 amide bonds. The van der Waals surface area contributed by atoms with E-state index in [0.29, 0.717) is 0 Å². The first kappa shape index (κ1) is 16.1. The number of pyridine rings is 1. The number of anilines is 1. The molecule has 1 aliphatic rings. The molecule has 1 aliphatic heterocycles. The lowest BCUT2D eigenvalue weighted by Crippen LogP contribution is -2.08. The maximum absolute atomic E-state index is 5.55. The lowest BCUT2D eigenvalue weighted by molar-refractivity contribution is 0.412. The third-order valence-corrected chi connectivity index (χ3v) is 4.85. The second-order valence-corrected chi connectivity index (χ2v) is 6.95. The first-order valence-electron chi connectivity index (χ1n) is 8.38. The van der Waals surface area contributed by atoms with Gasteiger partial charge in [0.15, 0.2) is 0 Å². The first-order chi connectivity index (χ1) is 12.3. The lowest BCUT2D eigenvalue weighted by atomic mass is 10.1. The van der Waals surface area contributed by atoms with Gasteiger partial charge < -0.3 is 10.1 Å². The first-order valence-corrected chi connectivity index (χ1v) is 9.17. The van der Waals surface area contributed by atoms with E-state index in [9.17, 15) is 0 Å². The van der Waals surface area contributed by atoms with Crippen LogP contribution in [0.5, 0.6) is 5.75 Å². The molecule has 0 spiro atoms. The van der Waals surface area contributed by atoms with Gasteiger partial charge in [-0.25, -0.2) is 4.68 Å². The minimum atomic E-state index is 0.803. The summed E-state index contributed by atoms with van der Waals surface area (Å²) in [5, 5.41) is 8.50. The molecule has 0 bridgehead atoms. The van der Waals surface area contributed by atoms with Gasteiger partial charge in [0.1, 0.15) is 17.3 Å². The van der Waals surface area contributed by atoms with Gasteiger partial charge in [0.2, 0.25) is 0 Å². The number of fused-ring (bicyclic) bond motifs is 1. The molecule has 0 radical (unpaired) electrons. The summed E-state index contributed by atoms with van der Waals surface area (Å²) in [6, 6.07) is 10.0. The fourth-order valence-corrected chi connectivity index (χ4v) is 3.62. The smallest absolute Gasteiger partial charge is 0.144 e. The van der Waals surface area contributed by atoms with Crippen molar-refractivity contribution < 1.29 is 4.74 Å². The molecular weight excluding hydrogens is 380 g/mol. The van der Waals surface area contributed by atoms with Crippen molar-refractivity contribution in [2.75, 3.05) is 19.0 Å². The van der Waals surface area contributed by atoms with E-state index < -0.39 is 0 Å². The number of nitrogens with one attached hydrogen (secondary N) is 1. The summed E-state index contributed by atoms with van der Waals surface area (Å²) in [6.45, 7) is 0.948. The number of benzene rings is 1. The molecule has 0 unspecified atom stereocenters. The van der Waals surface area contributed by atoms with Crippen LogP contribution in [0.15, 0.2) is 47.2 Å². The largest absolute Gasteiger partial charge is 0.494 e. The van der Waals surface area contributed by atoms with E-state index in [1.54, 1.807) is 13.3 Å². The van der Waals surface area contributed by atoms with E-state index in [1.807, 2.05) is 35.1 Å².